The lowest BCUT2D eigenvalue weighted by Crippen LogP contribution is -1.83. The summed E-state index contributed by atoms with van der Waals surface area (Å²) in [5.74, 6) is 0. The van der Waals surface area contributed by atoms with Crippen molar-refractivity contribution < 1.29 is 8.83 Å². The minimum atomic E-state index is 0.781. The third-order valence-electron chi connectivity index (χ3n) is 11.1. The standard InChI is InChI=1S/C54H34O2/c1-3-9-35(10-4-1)41-13-7-15-43(31-41)37-17-21-39(22-18-37)45-25-29-51-49(33-45)47-27-28-48-50-34-46(26-30-52(50)56-54(48)53(47)55-51)40-23-19-38(20-24-40)44-16-8-14-42(32-44)36-11-5-2-6-12-36/h1-34H. The van der Waals surface area contributed by atoms with Crippen molar-refractivity contribution in [3.05, 3.63) is 206 Å². The molecule has 2 aromatic heterocycles. The van der Waals surface area contributed by atoms with Crippen molar-refractivity contribution in [2.75, 3.05) is 0 Å². The fraction of sp³-hybridized carbons (Fsp3) is 0. The predicted octanol–water partition coefficient (Wildman–Crippen LogP) is 15.5. The maximum atomic E-state index is 6.52. The van der Waals surface area contributed by atoms with Gasteiger partial charge < -0.3 is 8.83 Å². The first-order chi connectivity index (χ1) is 27.7. The van der Waals surface area contributed by atoms with Crippen LogP contribution in [0.15, 0.2) is 215 Å². The average molecular weight is 715 g/mol. The number of hydrogen-bond acceptors (Lipinski definition) is 2. The molecule has 2 heteroatoms. The van der Waals surface area contributed by atoms with E-state index in [1.54, 1.807) is 0 Å². The highest BCUT2D eigenvalue weighted by atomic mass is 16.4. The van der Waals surface area contributed by atoms with E-state index >= 15 is 0 Å². The minimum absolute atomic E-state index is 0.781. The van der Waals surface area contributed by atoms with Gasteiger partial charge in [0.1, 0.15) is 11.2 Å². The maximum Gasteiger partial charge on any atom is 0.178 e. The van der Waals surface area contributed by atoms with Gasteiger partial charge in [-0.3, -0.25) is 0 Å². The van der Waals surface area contributed by atoms with Crippen molar-refractivity contribution in [1.29, 1.82) is 0 Å². The van der Waals surface area contributed by atoms with Crippen molar-refractivity contribution in [3.63, 3.8) is 0 Å². The Balaban J connectivity index is 0.894. The molecule has 2 nitrogen and oxygen atoms in total. The summed E-state index contributed by atoms with van der Waals surface area (Å²) >= 11 is 0. The largest absolute Gasteiger partial charge is 0.452 e. The van der Waals surface area contributed by atoms with E-state index in [-0.39, 0.29) is 0 Å². The third kappa shape index (κ3) is 5.59. The van der Waals surface area contributed by atoms with Gasteiger partial charge in [-0.15, -0.1) is 0 Å². The van der Waals surface area contributed by atoms with Gasteiger partial charge in [0.05, 0.1) is 0 Å². The number of hydrogen-bond donors (Lipinski definition) is 0. The highest BCUT2D eigenvalue weighted by Crippen LogP contribution is 2.41. The molecule has 0 saturated carbocycles. The molecule has 11 aromatic rings. The molecular weight excluding hydrogens is 681 g/mol. The summed E-state index contributed by atoms with van der Waals surface area (Å²) in [6.07, 6.45) is 0. The molecule has 0 radical (unpaired) electrons. The Morgan fingerprint density at radius 3 is 0.839 bits per heavy atom. The number of fused-ring (bicyclic) bond motifs is 7. The molecule has 0 unspecified atom stereocenters. The summed E-state index contributed by atoms with van der Waals surface area (Å²) in [5, 5.41) is 4.26. The fourth-order valence-electron chi connectivity index (χ4n) is 8.16. The van der Waals surface area contributed by atoms with E-state index in [4.69, 9.17) is 8.83 Å². The quantitative estimate of drug-likeness (QED) is 0.171. The fourth-order valence-corrected chi connectivity index (χ4v) is 8.16. The van der Waals surface area contributed by atoms with Gasteiger partial charge in [-0.1, -0.05) is 158 Å². The monoisotopic (exact) mass is 714 g/mol. The van der Waals surface area contributed by atoms with Crippen molar-refractivity contribution in [2.24, 2.45) is 0 Å². The highest BCUT2D eigenvalue weighted by molar-refractivity contribution is 6.19. The molecule has 0 spiro atoms. The zero-order chi connectivity index (χ0) is 37.0. The van der Waals surface area contributed by atoms with Gasteiger partial charge >= 0.3 is 0 Å². The van der Waals surface area contributed by atoms with Crippen LogP contribution in [0.25, 0.3) is 111 Å². The number of furan rings is 2. The number of rotatable bonds is 6. The summed E-state index contributed by atoms with van der Waals surface area (Å²) in [7, 11) is 0. The Hall–Kier alpha value is -7.42. The highest BCUT2D eigenvalue weighted by Gasteiger charge is 2.17. The molecule has 0 aliphatic rings. The molecule has 2 heterocycles. The molecule has 0 saturated heterocycles. The Bertz CT molecular complexity index is 2980. The first-order valence-corrected chi connectivity index (χ1v) is 19.1. The maximum absolute atomic E-state index is 6.52. The van der Waals surface area contributed by atoms with Gasteiger partial charge in [0.15, 0.2) is 11.2 Å². The molecule has 0 fully saturated rings. The Morgan fingerprint density at radius 1 is 0.196 bits per heavy atom. The lowest BCUT2D eigenvalue weighted by molar-refractivity contribution is 0.633. The van der Waals surface area contributed by atoms with Crippen LogP contribution in [-0.2, 0) is 0 Å². The SMILES string of the molecule is c1ccc(-c2cccc(-c3ccc(-c4ccc5oc6c(ccc7c8cc(-c9ccc(-c%10cccc(-c%11ccccc%11)c%10)cc9)ccc8oc76)c5c4)cc3)c2)cc1. The molecule has 56 heavy (non-hydrogen) atoms. The summed E-state index contributed by atoms with van der Waals surface area (Å²) in [6.45, 7) is 0. The van der Waals surface area contributed by atoms with Crippen LogP contribution in [-0.4, -0.2) is 0 Å². The molecule has 9 aromatic carbocycles. The van der Waals surface area contributed by atoms with Gasteiger partial charge in [-0.25, -0.2) is 0 Å². The molecular formula is C54H34O2. The summed E-state index contributed by atoms with van der Waals surface area (Å²) in [6, 6.07) is 73.5. The van der Waals surface area contributed by atoms with E-state index in [0.717, 1.165) is 66.1 Å². The Morgan fingerprint density at radius 2 is 0.482 bits per heavy atom. The van der Waals surface area contributed by atoms with Crippen molar-refractivity contribution in [2.45, 2.75) is 0 Å². The van der Waals surface area contributed by atoms with Crippen molar-refractivity contribution >= 4 is 43.9 Å². The smallest absolute Gasteiger partial charge is 0.178 e. The van der Waals surface area contributed by atoms with Crippen LogP contribution in [0, 0.1) is 0 Å². The Kier molecular flexibility index (Phi) is 7.53. The minimum Gasteiger partial charge on any atom is -0.452 e. The summed E-state index contributed by atoms with van der Waals surface area (Å²) < 4.78 is 13.0. The molecule has 262 valence electrons. The lowest BCUT2D eigenvalue weighted by Gasteiger charge is -2.08. The van der Waals surface area contributed by atoms with Crippen molar-refractivity contribution in [1.82, 2.24) is 0 Å². The van der Waals surface area contributed by atoms with Gasteiger partial charge in [0, 0.05) is 21.5 Å². The molecule has 0 amide bonds. The second-order valence-corrected chi connectivity index (χ2v) is 14.5. The lowest BCUT2D eigenvalue weighted by atomic mass is 9.96. The predicted molar refractivity (Wildman–Crippen MR) is 234 cm³/mol. The van der Waals surface area contributed by atoms with Crippen LogP contribution in [0.1, 0.15) is 0 Å². The van der Waals surface area contributed by atoms with E-state index in [1.807, 2.05) is 0 Å². The summed E-state index contributed by atoms with van der Waals surface area (Å²) in [4.78, 5) is 0. The molecule has 0 atom stereocenters. The van der Waals surface area contributed by atoms with E-state index in [9.17, 15) is 0 Å². The normalized spacial score (nSPS) is 11.6. The van der Waals surface area contributed by atoms with Crippen LogP contribution in [0.2, 0.25) is 0 Å². The van der Waals surface area contributed by atoms with Gasteiger partial charge in [0.2, 0.25) is 0 Å². The average Bonchev–Trinajstić information content (AvgIpc) is 3.85. The van der Waals surface area contributed by atoms with E-state index in [1.165, 1.54) is 44.5 Å². The molecule has 0 N–H and O–H groups in total. The van der Waals surface area contributed by atoms with Crippen LogP contribution in [0.3, 0.4) is 0 Å². The second-order valence-electron chi connectivity index (χ2n) is 14.5. The number of benzene rings is 9. The van der Waals surface area contributed by atoms with E-state index in [0.29, 0.717) is 0 Å². The first-order valence-electron chi connectivity index (χ1n) is 19.1. The molecule has 0 bridgehead atoms. The van der Waals surface area contributed by atoms with E-state index in [2.05, 4.69) is 206 Å². The third-order valence-corrected chi connectivity index (χ3v) is 11.1. The van der Waals surface area contributed by atoms with Crippen LogP contribution < -0.4 is 0 Å². The zero-order valence-electron chi connectivity index (χ0n) is 30.4. The zero-order valence-corrected chi connectivity index (χ0v) is 30.4. The van der Waals surface area contributed by atoms with Gasteiger partial charge in [0.25, 0.3) is 0 Å². The summed E-state index contributed by atoms with van der Waals surface area (Å²) in [5.41, 5.74) is 17.6. The molecule has 0 aliphatic heterocycles. The topological polar surface area (TPSA) is 26.3 Å². The van der Waals surface area contributed by atoms with Crippen LogP contribution in [0.5, 0.6) is 0 Å². The van der Waals surface area contributed by atoms with Crippen LogP contribution in [0.4, 0.5) is 0 Å². The molecule has 11 rings (SSSR count). The van der Waals surface area contributed by atoms with Crippen LogP contribution >= 0.6 is 0 Å². The van der Waals surface area contributed by atoms with Gasteiger partial charge in [-0.2, -0.15) is 0 Å². The van der Waals surface area contributed by atoms with Crippen molar-refractivity contribution in [3.8, 4) is 66.8 Å². The first kappa shape index (κ1) is 32.0. The second kappa shape index (κ2) is 13.2. The van der Waals surface area contributed by atoms with Gasteiger partial charge in [-0.05, 0) is 115 Å². The van der Waals surface area contributed by atoms with E-state index < -0.39 is 0 Å². The Labute approximate surface area is 324 Å². The molecule has 0 aliphatic carbocycles.